The van der Waals surface area contributed by atoms with Gasteiger partial charge in [-0.15, -0.1) is 0 Å². The van der Waals surface area contributed by atoms with Crippen molar-refractivity contribution < 1.29 is 2.74 Å². The third-order valence-corrected chi connectivity index (χ3v) is 21.7. The SMILES string of the molecule is Cc1c(N(c2ccc(-c3ccccc3)cc2)C(C)(C)C)ccc2c1-c1ccccc1C2(C)C.[2H]C(C)(C)c1c(N(c2ccc(-c3ccccc3)cc2)C(C)(C)C)ccc2c1-c1ccccc1C2(C)C.[2H]C(C)c1c(N(c2ccc(-c3ccccc3)cc2)C(C)(C)C)ccc2c1-c1ccccc1C2(C)C. The lowest BCUT2D eigenvalue weighted by Gasteiger charge is -2.40. The highest BCUT2D eigenvalue weighted by atomic mass is 15.2. The van der Waals surface area contributed by atoms with Crippen molar-refractivity contribution >= 4 is 34.1 Å². The van der Waals surface area contributed by atoms with E-state index in [0.717, 1.165) is 33.9 Å². The van der Waals surface area contributed by atoms with Crippen LogP contribution in [0, 0.1) is 6.92 Å². The molecule has 12 aromatic carbocycles. The van der Waals surface area contributed by atoms with Crippen molar-refractivity contribution in [2.24, 2.45) is 0 Å². The molecule has 0 saturated carbocycles. The van der Waals surface area contributed by atoms with E-state index in [1.807, 2.05) is 20.8 Å². The van der Waals surface area contributed by atoms with Gasteiger partial charge >= 0.3 is 0 Å². The summed E-state index contributed by atoms with van der Waals surface area (Å²) < 4.78 is 18.3. The first-order valence-corrected chi connectivity index (χ1v) is 36.8. The molecule has 0 aromatic heterocycles. The molecule has 516 valence electrons. The molecule has 1 unspecified atom stereocenters. The van der Waals surface area contributed by atoms with Crippen LogP contribution in [0.15, 0.2) is 273 Å². The van der Waals surface area contributed by atoms with Crippen LogP contribution >= 0.6 is 0 Å². The minimum absolute atomic E-state index is 0.0269. The lowest BCUT2D eigenvalue weighted by molar-refractivity contribution is 0.557. The van der Waals surface area contributed by atoms with Gasteiger partial charge in [-0.2, -0.15) is 0 Å². The Kier molecular flexibility index (Phi) is 18.0. The first-order chi connectivity index (χ1) is 49.2. The van der Waals surface area contributed by atoms with Crippen LogP contribution in [-0.2, 0) is 22.6 Å². The number of fused-ring (bicyclic) bond motifs is 9. The summed E-state index contributed by atoms with van der Waals surface area (Å²) in [6.07, 6.45) is -0.352. The highest BCUT2D eigenvalue weighted by Crippen LogP contribution is 2.57. The lowest BCUT2D eigenvalue weighted by atomic mass is 9.81. The van der Waals surface area contributed by atoms with E-state index in [4.69, 9.17) is 1.37 Å². The summed E-state index contributed by atoms with van der Waals surface area (Å²) in [6.45, 7) is 42.7. The Bertz CT molecular complexity index is 5090. The zero-order valence-electron chi connectivity index (χ0n) is 65.9. The molecule has 0 heterocycles. The molecule has 3 aliphatic carbocycles. The average molecular weight is 1340 g/mol. The Morgan fingerprint density at radius 1 is 0.314 bits per heavy atom. The molecule has 102 heavy (non-hydrogen) atoms. The fraction of sp³-hybridized carbons (Fsp3) is 0.273. The lowest BCUT2D eigenvalue weighted by Crippen LogP contribution is -2.38. The topological polar surface area (TPSA) is 9.72 Å². The van der Waals surface area contributed by atoms with E-state index in [1.165, 1.54) is 117 Å². The van der Waals surface area contributed by atoms with E-state index in [2.05, 4.69) is 398 Å². The van der Waals surface area contributed by atoms with Gasteiger partial charge in [0.15, 0.2) is 0 Å². The van der Waals surface area contributed by atoms with E-state index in [9.17, 15) is 1.37 Å². The van der Waals surface area contributed by atoms with Crippen molar-refractivity contribution in [1.29, 1.82) is 0 Å². The summed E-state index contributed by atoms with van der Waals surface area (Å²) in [7, 11) is 0. The number of hydrogen-bond acceptors (Lipinski definition) is 3. The molecular formula is C99H105N3. The number of rotatable bonds is 11. The van der Waals surface area contributed by atoms with Gasteiger partial charge in [-0.3, -0.25) is 0 Å². The third-order valence-electron chi connectivity index (χ3n) is 21.7. The molecule has 3 nitrogen and oxygen atoms in total. The van der Waals surface area contributed by atoms with Gasteiger partial charge in [0.05, 0.1) is 0 Å². The van der Waals surface area contributed by atoms with Crippen LogP contribution in [0.25, 0.3) is 66.8 Å². The standard InChI is InChI=1S/C34H37N.C33H35N.C32H33N/c1-23(2)31-30(22-21-29-32(31)27-15-11-12-16-28(27)34(29,6)7)35(33(3,4)5)26-19-17-25(18-20-26)24-13-9-8-10-14-24;1-7-26-30(22-21-29-31(26)27-15-11-12-16-28(27)33(29,5)6)34(32(2,3)4)25-19-17-24(18-20-25)23-13-9-8-10-14-23;1-22-29(21-20-28-30(22)26-14-10-11-15-27(26)32(28,5)6)33(31(2,3)4)25-18-16-24(17-19-25)23-12-8-7-9-13-23/h8-23H,1-7H3;8-22H,7H2,1-6H3;7-21H,1-6H3/i23D;7D;. The van der Waals surface area contributed by atoms with Gasteiger partial charge in [-0.05, 0) is 253 Å². The van der Waals surface area contributed by atoms with Gasteiger partial charge < -0.3 is 14.7 Å². The summed E-state index contributed by atoms with van der Waals surface area (Å²) in [5.74, 6) is -0.776. The predicted octanol–water partition coefficient (Wildman–Crippen LogP) is 27.8. The quantitative estimate of drug-likeness (QED) is 0.128. The highest BCUT2D eigenvalue weighted by Gasteiger charge is 2.42. The van der Waals surface area contributed by atoms with Crippen molar-refractivity contribution in [2.45, 2.75) is 177 Å². The van der Waals surface area contributed by atoms with Crippen molar-refractivity contribution in [3.05, 3.63) is 323 Å². The van der Waals surface area contributed by atoms with Crippen LogP contribution in [0.2, 0.25) is 0 Å². The zero-order chi connectivity index (χ0) is 74.2. The second-order valence-electron chi connectivity index (χ2n) is 33.0. The third kappa shape index (κ3) is 12.8. The van der Waals surface area contributed by atoms with Crippen molar-refractivity contribution in [2.75, 3.05) is 14.7 Å². The van der Waals surface area contributed by atoms with Crippen molar-refractivity contribution in [3.63, 3.8) is 0 Å². The fourth-order valence-corrected chi connectivity index (χ4v) is 16.9. The number of nitrogens with zero attached hydrogens (tertiary/aromatic N) is 3. The maximum atomic E-state index is 9.33. The Hall–Kier alpha value is -9.96. The first kappa shape index (κ1) is 67.8. The first-order valence-electron chi connectivity index (χ1n) is 37.9. The second kappa shape index (κ2) is 27.1. The van der Waals surface area contributed by atoms with E-state index >= 15 is 0 Å². The maximum Gasteiger partial charge on any atom is 0.0457 e. The van der Waals surface area contributed by atoms with E-state index < -0.39 is 5.89 Å². The molecule has 0 aliphatic heterocycles. The van der Waals surface area contributed by atoms with Gasteiger partial charge in [0.2, 0.25) is 0 Å². The summed E-state index contributed by atoms with van der Waals surface area (Å²) >= 11 is 0. The summed E-state index contributed by atoms with van der Waals surface area (Å²) in [4.78, 5) is 7.32. The van der Waals surface area contributed by atoms with E-state index in [0.29, 0.717) is 0 Å². The largest absolute Gasteiger partial charge is 0.336 e. The zero-order valence-corrected chi connectivity index (χ0v) is 63.9. The molecule has 0 amide bonds. The minimum Gasteiger partial charge on any atom is -0.336 e. The van der Waals surface area contributed by atoms with Gasteiger partial charge in [-0.25, -0.2) is 0 Å². The molecular weight excluding hydrogens is 1230 g/mol. The van der Waals surface area contributed by atoms with E-state index in [-0.39, 0.29) is 39.3 Å². The van der Waals surface area contributed by atoms with Crippen LogP contribution in [0.3, 0.4) is 0 Å². The molecule has 3 aliphatic rings. The van der Waals surface area contributed by atoms with E-state index in [1.54, 1.807) is 0 Å². The molecule has 3 heteroatoms. The normalized spacial score (nSPS) is 14.7. The Labute approximate surface area is 614 Å². The molecule has 0 radical (unpaired) electrons. The average Bonchev–Trinajstić information content (AvgIpc) is 1.56. The summed E-state index contributed by atoms with van der Waals surface area (Å²) in [5.41, 5.74) is 33.4. The van der Waals surface area contributed by atoms with Crippen molar-refractivity contribution in [3.8, 4) is 66.8 Å². The van der Waals surface area contributed by atoms with Crippen LogP contribution in [0.5, 0.6) is 0 Å². The minimum atomic E-state index is -0.776. The predicted molar refractivity (Wildman–Crippen MR) is 442 cm³/mol. The highest BCUT2D eigenvalue weighted by molar-refractivity contribution is 5.92. The molecule has 0 bridgehead atoms. The molecule has 12 aromatic rings. The maximum absolute atomic E-state index is 9.33. The van der Waals surface area contributed by atoms with Gasteiger partial charge in [0.25, 0.3) is 0 Å². The van der Waals surface area contributed by atoms with Crippen molar-refractivity contribution in [1.82, 2.24) is 0 Å². The second-order valence-corrected chi connectivity index (χ2v) is 33.0. The molecule has 15 rings (SSSR count). The summed E-state index contributed by atoms with van der Waals surface area (Å²) in [5, 5.41) is 0. The smallest absolute Gasteiger partial charge is 0.0457 e. The van der Waals surface area contributed by atoms with Crippen LogP contribution in [-0.4, -0.2) is 16.6 Å². The number of benzene rings is 12. The number of anilines is 6. The molecule has 0 N–H and O–H groups in total. The Balaban J connectivity index is 0.000000139. The molecule has 0 saturated heterocycles. The van der Waals surface area contributed by atoms with Crippen LogP contribution in [0.1, 0.15) is 183 Å². The van der Waals surface area contributed by atoms with Gasteiger partial charge in [0.1, 0.15) is 0 Å². The Morgan fingerprint density at radius 3 is 0.941 bits per heavy atom. The van der Waals surface area contributed by atoms with Gasteiger partial charge in [0, 0.05) is 69.7 Å². The van der Waals surface area contributed by atoms with Gasteiger partial charge in [-0.1, -0.05) is 281 Å². The fourth-order valence-electron chi connectivity index (χ4n) is 16.9. The van der Waals surface area contributed by atoms with Crippen LogP contribution in [0.4, 0.5) is 34.1 Å². The molecule has 0 fully saturated rings. The number of hydrogen-bond donors (Lipinski definition) is 0. The van der Waals surface area contributed by atoms with Crippen LogP contribution < -0.4 is 14.7 Å². The molecule has 1 atom stereocenters. The summed E-state index contributed by atoms with van der Waals surface area (Å²) in [6, 6.07) is 98.5. The monoisotopic (exact) mass is 1340 g/mol. The molecule has 0 spiro atoms. The Morgan fingerprint density at radius 2 is 0.588 bits per heavy atom.